The number of likely N-dealkylation sites (tertiary alicyclic amines) is 1. The van der Waals surface area contributed by atoms with Gasteiger partial charge in [-0.15, -0.1) is 0 Å². The van der Waals surface area contributed by atoms with E-state index in [4.69, 9.17) is 17.3 Å². The molecular formula is C14H17ClN4. The molecule has 4 nitrogen and oxygen atoms in total. The zero-order chi connectivity index (χ0) is 13.2. The number of hydrogen-bond acceptors (Lipinski definition) is 3. The Morgan fingerprint density at radius 2 is 1.89 bits per heavy atom. The molecule has 1 aromatic carbocycles. The number of hydrogen-bond donors (Lipinski definition) is 1. The van der Waals surface area contributed by atoms with Gasteiger partial charge >= 0.3 is 0 Å². The van der Waals surface area contributed by atoms with E-state index in [1.165, 1.54) is 11.1 Å². The predicted octanol–water partition coefficient (Wildman–Crippen LogP) is 1.73. The van der Waals surface area contributed by atoms with E-state index in [0.29, 0.717) is 6.04 Å². The van der Waals surface area contributed by atoms with E-state index in [1.807, 2.05) is 35.1 Å². The third-order valence-electron chi connectivity index (χ3n) is 3.34. The molecule has 1 fully saturated rings. The molecule has 0 unspecified atom stereocenters. The molecule has 5 heteroatoms. The summed E-state index contributed by atoms with van der Waals surface area (Å²) in [7, 11) is 0. The fourth-order valence-electron chi connectivity index (χ4n) is 2.35. The molecule has 0 amide bonds. The molecule has 3 rings (SSSR count). The lowest BCUT2D eigenvalue weighted by atomic mass is 10.1. The topological polar surface area (TPSA) is 47.1 Å². The predicted molar refractivity (Wildman–Crippen MR) is 76.0 cm³/mol. The molecule has 0 radical (unpaired) electrons. The lowest BCUT2D eigenvalue weighted by Crippen LogP contribution is -2.54. The fourth-order valence-corrected chi connectivity index (χ4v) is 2.47. The first-order valence-electron chi connectivity index (χ1n) is 6.43. The molecule has 2 aromatic rings. The molecule has 1 aliphatic heterocycles. The second-order valence-corrected chi connectivity index (χ2v) is 5.56. The Morgan fingerprint density at radius 1 is 1.16 bits per heavy atom. The third-order valence-corrected chi connectivity index (χ3v) is 3.59. The lowest BCUT2D eigenvalue weighted by molar-refractivity contribution is 0.142. The average Bonchev–Trinajstić information content (AvgIpc) is 2.78. The fraction of sp³-hybridized carbons (Fsp3) is 0.357. The standard InChI is InChI=1S/C14H17ClN4/c15-13-3-1-11(2-4-13)7-19-8-12(5-17-19)6-18-9-14(16)10-18/h1-5,8,14H,6-7,9-10,16H2. The summed E-state index contributed by atoms with van der Waals surface area (Å²) in [5, 5.41) is 5.15. The van der Waals surface area contributed by atoms with Crippen LogP contribution < -0.4 is 5.73 Å². The van der Waals surface area contributed by atoms with Crippen LogP contribution in [-0.2, 0) is 13.1 Å². The minimum absolute atomic E-state index is 0.351. The van der Waals surface area contributed by atoms with E-state index >= 15 is 0 Å². The summed E-state index contributed by atoms with van der Waals surface area (Å²) in [5.41, 5.74) is 8.20. The Labute approximate surface area is 117 Å². The molecule has 1 saturated heterocycles. The number of nitrogens with zero attached hydrogens (tertiary/aromatic N) is 3. The van der Waals surface area contributed by atoms with Crippen molar-refractivity contribution in [2.45, 2.75) is 19.1 Å². The van der Waals surface area contributed by atoms with Crippen LogP contribution in [0.3, 0.4) is 0 Å². The van der Waals surface area contributed by atoms with Gasteiger partial charge in [-0.3, -0.25) is 9.58 Å². The van der Waals surface area contributed by atoms with Crippen molar-refractivity contribution in [2.75, 3.05) is 13.1 Å². The Balaban J connectivity index is 1.60. The molecule has 0 atom stereocenters. The van der Waals surface area contributed by atoms with Crippen LogP contribution in [0, 0.1) is 0 Å². The van der Waals surface area contributed by atoms with Gasteiger partial charge in [-0.2, -0.15) is 5.10 Å². The summed E-state index contributed by atoms with van der Waals surface area (Å²) in [4.78, 5) is 2.33. The number of halogens is 1. The van der Waals surface area contributed by atoms with E-state index in [1.54, 1.807) is 0 Å². The molecule has 1 aliphatic rings. The third kappa shape index (κ3) is 3.15. The molecule has 19 heavy (non-hydrogen) atoms. The lowest BCUT2D eigenvalue weighted by Gasteiger charge is -2.36. The highest BCUT2D eigenvalue weighted by Crippen LogP contribution is 2.13. The number of aromatic nitrogens is 2. The summed E-state index contributed by atoms with van der Waals surface area (Å²) in [6.45, 7) is 3.69. The summed E-state index contributed by atoms with van der Waals surface area (Å²) >= 11 is 5.87. The van der Waals surface area contributed by atoms with Gasteiger partial charge in [-0.05, 0) is 17.7 Å². The molecule has 2 heterocycles. The second-order valence-electron chi connectivity index (χ2n) is 5.13. The average molecular weight is 277 g/mol. The Bertz CT molecular complexity index is 543. The molecule has 2 N–H and O–H groups in total. The highest BCUT2D eigenvalue weighted by molar-refractivity contribution is 6.30. The van der Waals surface area contributed by atoms with Gasteiger partial charge in [-0.1, -0.05) is 23.7 Å². The first-order chi connectivity index (χ1) is 9.19. The number of benzene rings is 1. The van der Waals surface area contributed by atoms with Crippen LogP contribution in [0.2, 0.25) is 5.02 Å². The maximum absolute atomic E-state index is 5.87. The first kappa shape index (κ1) is 12.7. The van der Waals surface area contributed by atoms with Gasteiger partial charge in [0.2, 0.25) is 0 Å². The highest BCUT2D eigenvalue weighted by Gasteiger charge is 2.22. The quantitative estimate of drug-likeness (QED) is 0.925. The molecular weight excluding hydrogens is 260 g/mol. The molecule has 0 aliphatic carbocycles. The monoisotopic (exact) mass is 276 g/mol. The minimum Gasteiger partial charge on any atom is -0.325 e. The zero-order valence-electron chi connectivity index (χ0n) is 10.7. The number of rotatable bonds is 4. The van der Waals surface area contributed by atoms with E-state index in [9.17, 15) is 0 Å². The van der Waals surface area contributed by atoms with E-state index in [-0.39, 0.29) is 0 Å². The van der Waals surface area contributed by atoms with Crippen molar-refractivity contribution < 1.29 is 0 Å². The van der Waals surface area contributed by atoms with Crippen molar-refractivity contribution in [3.05, 3.63) is 52.8 Å². The summed E-state index contributed by atoms with van der Waals surface area (Å²) in [6.07, 6.45) is 4.03. The van der Waals surface area contributed by atoms with Crippen molar-refractivity contribution in [3.8, 4) is 0 Å². The van der Waals surface area contributed by atoms with E-state index < -0.39 is 0 Å². The van der Waals surface area contributed by atoms with Gasteiger partial charge in [0.15, 0.2) is 0 Å². The van der Waals surface area contributed by atoms with Gasteiger partial charge in [0.1, 0.15) is 0 Å². The van der Waals surface area contributed by atoms with Crippen molar-refractivity contribution >= 4 is 11.6 Å². The minimum atomic E-state index is 0.351. The van der Waals surface area contributed by atoms with Gasteiger partial charge < -0.3 is 5.73 Å². The van der Waals surface area contributed by atoms with Crippen LogP contribution in [0.5, 0.6) is 0 Å². The Kier molecular flexibility index (Phi) is 3.55. The Morgan fingerprint density at radius 3 is 2.58 bits per heavy atom. The maximum Gasteiger partial charge on any atom is 0.0659 e. The van der Waals surface area contributed by atoms with Crippen LogP contribution in [0.1, 0.15) is 11.1 Å². The summed E-state index contributed by atoms with van der Waals surface area (Å²) < 4.78 is 1.96. The van der Waals surface area contributed by atoms with E-state index in [2.05, 4.69) is 16.2 Å². The summed E-state index contributed by atoms with van der Waals surface area (Å²) in [6, 6.07) is 8.21. The van der Waals surface area contributed by atoms with Crippen LogP contribution in [0.25, 0.3) is 0 Å². The van der Waals surface area contributed by atoms with E-state index in [0.717, 1.165) is 31.2 Å². The van der Waals surface area contributed by atoms with Crippen LogP contribution >= 0.6 is 11.6 Å². The van der Waals surface area contributed by atoms with Crippen LogP contribution in [-0.4, -0.2) is 33.8 Å². The normalized spacial score (nSPS) is 16.5. The largest absolute Gasteiger partial charge is 0.325 e. The SMILES string of the molecule is NC1CN(Cc2cnn(Cc3ccc(Cl)cc3)c2)C1. The van der Waals surface area contributed by atoms with Crippen LogP contribution in [0.4, 0.5) is 0 Å². The maximum atomic E-state index is 5.87. The second kappa shape index (κ2) is 5.33. The van der Waals surface area contributed by atoms with Crippen molar-refractivity contribution in [1.82, 2.24) is 14.7 Å². The van der Waals surface area contributed by atoms with Gasteiger partial charge in [-0.25, -0.2) is 0 Å². The molecule has 1 aromatic heterocycles. The highest BCUT2D eigenvalue weighted by atomic mass is 35.5. The first-order valence-corrected chi connectivity index (χ1v) is 6.80. The molecule has 0 bridgehead atoms. The van der Waals surface area contributed by atoms with Gasteiger partial charge in [0.25, 0.3) is 0 Å². The van der Waals surface area contributed by atoms with Gasteiger partial charge in [0.05, 0.1) is 12.7 Å². The van der Waals surface area contributed by atoms with Gasteiger partial charge in [0, 0.05) is 42.5 Å². The zero-order valence-corrected chi connectivity index (χ0v) is 11.4. The molecule has 100 valence electrons. The van der Waals surface area contributed by atoms with Crippen molar-refractivity contribution in [2.24, 2.45) is 5.73 Å². The van der Waals surface area contributed by atoms with Crippen molar-refractivity contribution in [1.29, 1.82) is 0 Å². The Hall–Kier alpha value is -1.36. The molecule has 0 saturated carbocycles. The molecule has 0 spiro atoms. The number of nitrogens with two attached hydrogens (primary N) is 1. The smallest absolute Gasteiger partial charge is 0.0659 e. The summed E-state index contributed by atoms with van der Waals surface area (Å²) in [5.74, 6) is 0. The van der Waals surface area contributed by atoms with Crippen LogP contribution in [0.15, 0.2) is 36.7 Å². The van der Waals surface area contributed by atoms with Crippen molar-refractivity contribution in [3.63, 3.8) is 0 Å².